The third-order valence-corrected chi connectivity index (χ3v) is 4.17. The van der Waals surface area contributed by atoms with E-state index in [0.29, 0.717) is 0 Å². The fraction of sp³-hybridized carbons (Fsp3) is 0.308. The van der Waals surface area contributed by atoms with Crippen molar-refractivity contribution < 1.29 is 4.79 Å². The van der Waals surface area contributed by atoms with E-state index in [0.717, 1.165) is 34.4 Å². The molecule has 0 aliphatic rings. The lowest BCUT2D eigenvalue weighted by Crippen LogP contribution is -1.92. The largest absolute Gasteiger partial charge is 0.275 e. The monoisotopic (exact) mass is 252 g/mol. The molecule has 1 aromatic carbocycles. The Bertz CT molecular complexity index is 516. The molecule has 0 radical (unpaired) electrons. The summed E-state index contributed by atoms with van der Waals surface area (Å²) in [6.07, 6.45) is 3.16. The van der Waals surface area contributed by atoms with Crippen LogP contribution in [0.4, 0.5) is 0 Å². The summed E-state index contributed by atoms with van der Waals surface area (Å²) >= 11 is 7.13. The van der Waals surface area contributed by atoms with Crippen molar-refractivity contribution in [2.24, 2.45) is 0 Å². The molecule has 0 aliphatic heterocycles. The van der Waals surface area contributed by atoms with Gasteiger partial charge in [-0.1, -0.05) is 31.5 Å². The van der Waals surface area contributed by atoms with Gasteiger partial charge in [-0.05, 0) is 41.5 Å². The summed E-state index contributed by atoms with van der Waals surface area (Å²) < 4.78 is 1.15. The van der Waals surface area contributed by atoms with Gasteiger partial charge < -0.3 is 0 Å². The molecule has 84 valence electrons. The quantitative estimate of drug-likeness (QED) is 0.726. The number of rotatable bonds is 4. The van der Waals surface area contributed by atoms with E-state index >= 15 is 0 Å². The molecule has 1 aromatic heterocycles. The minimum Gasteiger partial charge on any atom is -0.275 e. The maximum absolute atomic E-state index is 11.4. The minimum absolute atomic E-state index is 0.327. The zero-order valence-corrected chi connectivity index (χ0v) is 10.7. The van der Waals surface area contributed by atoms with Crippen molar-refractivity contribution in [2.45, 2.75) is 26.2 Å². The molecule has 0 bridgehead atoms. The highest BCUT2D eigenvalue weighted by Gasteiger charge is 2.15. The highest BCUT2D eigenvalue weighted by molar-refractivity contribution is 7.22. The van der Waals surface area contributed by atoms with E-state index in [1.807, 2.05) is 18.2 Å². The van der Waals surface area contributed by atoms with E-state index < -0.39 is 0 Å². The number of thiophene rings is 1. The van der Waals surface area contributed by atoms with E-state index in [1.165, 1.54) is 16.7 Å². The molecule has 0 fully saturated rings. The molecular formula is C13H13ClOS. The normalized spacial score (nSPS) is 10.9. The van der Waals surface area contributed by atoms with Gasteiger partial charge in [0.25, 0.3) is 5.24 Å². The van der Waals surface area contributed by atoms with Crippen LogP contribution in [0.25, 0.3) is 10.1 Å². The highest BCUT2D eigenvalue weighted by atomic mass is 35.5. The fourth-order valence-corrected chi connectivity index (χ4v) is 3.17. The lowest BCUT2D eigenvalue weighted by molar-refractivity contribution is 0.108. The van der Waals surface area contributed by atoms with Crippen LogP contribution in [0.1, 0.15) is 35.0 Å². The molecule has 1 nitrogen and oxygen atoms in total. The molecule has 0 spiro atoms. The Morgan fingerprint density at radius 1 is 1.38 bits per heavy atom. The van der Waals surface area contributed by atoms with Crippen LogP contribution in [0.2, 0.25) is 0 Å². The van der Waals surface area contributed by atoms with E-state index in [1.54, 1.807) is 0 Å². The number of carbonyl (C=O) groups excluding carboxylic acids is 1. The number of benzene rings is 1. The summed E-state index contributed by atoms with van der Waals surface area (Å²) in [4.78, 5) is 12.1. The lowest BCUT2D eigenvalue weighted by atomic mass is 10.0. The van der Waals surface area contributed by atoms with Crippen LogP contribution < -0.4 is 0 Å². The number of halogens is 1. The Morgan fingerprint density at radius 3 is 2.81 bits per heavy atom. The molecule has 0 unspecified atom stereocenters. The summed E-state index contributed by atoms with van der Waals surface area (Å²) in [6.45, 7) is 2.15. The van der Waals surface area contributed by atoms with Gasteiger partial charge in [0.1, 0.15) is 0 Å². The molecular weight excluding hydrogens is 240 g/mol. The molecule has 0 atom stereocenters. The Balaban J connectivity index is 2.55. The Morgan fingerprint density at radius 2 is 2.12 bits per heavy atom. The molecule has 3 heteroatoms. The first kappa shape index (κ1) is 11.6. The molecule has 0 aliphatic carbocycles. The minimum atomic E-state index is -0.327. The Labute approximate surface area is 104 Å². The molecule has 1 heterocycles. The predicted molar refractivity (Wildman–Crippen MR) is 70.6 cm³/mol. The molecule has 0 saturated heterocycles. The maximum atomic E-state index is 11.4. The van der Waals surface area contributed by atoms with E-state index in [4.69, 9.17) is 11.6 Å². The maximum Gasteiger partial charge on any atom is 0.262 e. The molecule has 0 N–H and O–H groups in total. The van der Waals surface area contributed by atoms with E-state index in [2.05, 4.69) is 13.0 Å². The summed E-state index contributed by atoms with van der Waals surface area (Å²) in [7, 11) is 0. The van der Waals surface area contributed by atoms with Crippen molar-refractivity contribution in [3.05, 3.63) is 34.7 Å². The van der Waals surface area contributed by atoms with Crippen molar-refractivity contribution >= 4 is 38.3 Å². The van der Waals surface area contributed by atoms with Crippen molar-refractivity contribution in [3.63, 3.8) is 0 Å². The van der Waals surface area contributed by atoms with Crippen molar-refractivity contribution in [1.82, 2.24) is 0 Å². The van der Waals surface area contributed by atoms with Gasteiger partial charge in [0.15, 0.2) is 0 Å². The first-order valence-corrected chi connectivity index (χ1v) is 6.63. The SMILES string of the molecule is CCCCc1c(C(=O)Cl)sc2ccccc12. The zero-order chi connectivity index (χ0) is 11.5. The van der Waals surface area contributed by atoms with Gasteiger partial charge in [0.2, 0.25) is 0 Å². The Kier molecular flexibility index (Phi) is 3.62. The lowest BCUT2D eigenvalue weighted by Gasteiger charge is -1.99. The molecule has 2 aromatic rings. The van der Waals surface area contributed by atoms with Crippen LogP contribution in [-0.2, 0) is 6.42 Å². The van der Waals surface area contributed by atoms with Gasteiger partial charge in [-0.15, -0.1) is 11.3 Å². The topological polar surface area (TPSA) is 17.1 Å². The molecule has 0 amide bonds. The first-order valence-electron chi connectivity index (χ1n) is 5.44. The van der Waals surface area contributed by atoms with E-state index in [-0.39, 0.29) is 5.24 Å². The molecule has 2 rings (SSSR count). The van der Waals surface area contributed by atoms with Crippen molar-refractivity contribution in [1.29, 1.82) is 0 Å². The molecule has 0 saturated carbocycles. The number of hydrogen-bond acceptors (Lipinski definition) is 2. The highest BCUT2D eigenvalue weighted by Crippen LogP contribution is 2.33. The fourth-order valence-electron chi connectivity index (χ4n) is 1.86. The van der Waals surface area contributed by atoms with Gasteiger partial charge in [-0.25, -0.2) is 0 Å². The van der Waals surface area contributed by atoms with Crippen molar-refractivity contribution in [2.75, 3.05) is 0 Å². The van der Waals surface area contributed by atoms with Gasteiger partial charge in [-0.2, -0.15) is 0 Å². The average Bonchev–Trinajstić information content (AvgIpc) is 2.65. The smallest absolute Gasteiger partial charge is 0.262 e. The Hall–Kier alpha value is -0.860. The second kappa shape index (κ2) is 4.98. The average molecular weight is 253 g/mol. The van der Waals surface area contributed by atoms with Gasteiger partial charge in [0, 0.05) is 4.70 Å². The van der Waals surface area contributed by atoms with Crippen LogP contribution in [0, 0.1) is 0 Å². The summed E-state index contributed by atoms with van der Waals surface area (Å²) in [5.74, 6) is 0. The number of carbonyl (C=O) groups is 1. The standard InChI is InChI=1S/C13H13ClOS/c1-2-3-6-10-9-7-4-5-8-11(9)16-12(10)13(14)15/h4-5,7-8H,2-3,6H2,1H3. The van der Waals surface area contributed by atoms with Crippen molar-refractivity contribution in [3.8, 4) is 0 Å². The third-order valence-electron chi connectivity index (χ3n) is 2.66. The zero-order valence-electron chi connectivity index (χ0n) is 9.13. The van der Waals surface area contributed by atoms with Crippen LogP contribution >= 0.6 is 22.9 Å². The van der Waals surface area contributed by atoms with Gasteiger partial charge >= 0.3 is 0 Å². The van der Waals surface area contributed by atoms with Crippen LogP contribution in [0.5, 0.6) is 0 Å². The third kappa shape index (κ3) is 2.13. The summed E-state index contributed by atoms with van der Waals surface area (Å²) in [5.41, 5.74) is 1.13. The summed E-state index contributed by atoms with van der Waals surface area (Å²) in [6, 6.07) is 8.11. The number of unbranched alkanes of at least 4 members (excludes halogenated alkanes) is 1. The van der Waals surface area contributed by atoms with E-state index in [9.17, 15) is 4.79 Å². The number of fused-ring (bicyclic) bond motifs is 1. The predicted octanol–water partition coefficient (Wildman–Crippen LogP) is 4.62. The first-order chi connectivity index (χ1) is 7.74. The summed E-state index contributed by atoms with van der Waals surface area (Å²) in [5, 5.41) is 0.859. The second-order valence-corrected chi connectivity index (χ2v) is 5.18. The van der Waals surface area contributed by atoms with Crippen LogP contribution in [-0.4, -0.2) is 5.24 Å². The number of aryl methyl sites for hydroxylation is 1. The second-order valence-electron chi connectivity index (χ2n) is 3.78. The van der Waals surface area contributed by atoms with Crippen LogP contribution in [0.3, 0.4) is 0 Å². The van der Waals surface area contributed by atoms with Crippen LogP contribution in [0.15, 0.2) is 24.3 Å². The number of hydrogen-bond donors (Lipinski definition) is 0. The van der Waals surface area contributed by atoms with Gasteiger partial charge in [-0.3, -0.25) is 4.79 Å². The molecule has 16 heavy (non-hydrogen) atoms. The van der Waals surface area contributed by atoms with Gasteiger partial charge in [0.05, 0.1) is 4.88 Å².